The molecule has 8 rings (SSSR count). The molecule has 4 saturated heterocycles. The second-order valence-corrected chi connectivity index (χ2v) is 14.0. The van der Waals surface area contributed by atoms with Gasteiger partial charge in [0.15, 0.2) is 10.3 Å². The second-order valence-electron chi connectivity index (χ2n) is 11.5. The van der Waals surface area contributed by atoms with E-state index in [1.807, 2.05) is 59.9 Å². The Hall–Kier alpha value is -2.04. The number of nitrogen functional groups attached to an aromatic ring is 1. The minimum atomic E-state index is -0.359. The summed E-state index contributed by atoms with van der Waals surface area (Å²) in [5.41, 5.74) is 9.83. The lowest BCUT2D eigenvalue weighted by Crippen LogP contribution is -2.26. The lowest BCUT2D eigenvalue weighted by atomic mass is 10.1. The van der Waals surface area contributed by atoms with Gasteiger partial charge in [-0.25, -0.2) is 0 Å². The zero-order valence-electron chi connectivity index (χ0n) is 25.5. The van der Waals surface area contributed by atoms with E-state index in [0.717, 1.165) is 74.6 Å². The lowest BCUT2D eigenvalue weighted by Gasteiger charge is -2.15. The summed E-state index contributed by atoms with van der Waals surface area (Å²) in [5.74, 6) is 2.29. The molecule has 2 aromatic carbocycles. The van der Waals surface area contributed by atoms with Crippen molar-refractivity contribution in [3.63, 3.8) is 0 Å². The zero-order valence-corrected chi connectivity index (χ0v) is 30.2. The van der Waals surface area contributed by atoms with E-state index in [1.165, 1.54) is 21.7 Å². The fraction of sp³-hybridized carbons (Fsp3) is 0.515. The Kier molecular flexibility index (Phi) is 14.5. The highest BCUT2D eigenvalue weighted by atomic mass is 127. The van der Waals surface area contributed by atoms with Crippen LogP contribution in [0.4, 0.5) is 11.4 Å². The van der Waals surface area contributed by atoms with Gasteiger partial charge in [0.05, 0.1) is 12.1 Å². The van der Waals surface area contributed by atoms with E-state index in [1.54, 1.807) is 0 Å². The van der Waals surface area contributed by atoms with Crippen molar-refractivity contribution in [3.8, 4) is 0 Å². The summed E-state index contributed by atoms with van der Waals surface area (Å²) < 4.78 is 10.4. The SMILES string of the molecule is C.I.Nc1cccc(C2CN3CCSC3=N2)c1.O=C(Cl)C1CCCO1.O=C(Nc1cccc(C2CN3CCSC3=N2)c1)C1CCCO1. The first-order valence-electron chi connectivity index (χ1n) is 15.5. The number of hydrogen-bond donors (Lipinski definition) is 2. The fourth-order valence-corrected chi connectivity index (χ4v) is 8.19. The molecular formula is C33H44ClIN6O4S2. The Morgan fingerprint density at radius 3 is 1.89 bits per heavy atom. The summed E-state index contributed by atoms with van der Waals surface area (Å²) in [6.07, 6.45) is 2.93. The van der Waals surface area contributed by atoms with Gasteiger partial charge in [0.1, 0.15) is 12.2 Å². The van der Waals surface area contributed by atoms with Gasteiger partial charge in [0.2, 0.25) is 5.24 Å². The van der Waals surface area contributed by atoms with Crippen molar-refractivity contribution in [1.82, 2.24) is 9.80 Å². The molecule has 4 atom stereocenters. The smallest absolute Gasteiger partial charge is 0.253 e. The summed E-state index contributed by atoms with van der Waals surface area (Å²) >= 11 is 8.81. The second kappa shape index (κ2) is 18.1. The molecule has 0 bridgehead atoms. The first-order valence-corrected chi connectivity index (χ1v) is 17.9. The van der Waals surface area contributed by atoms with E-state index in [9.17, 15) is 9.59 Å². The highest BCUT2D eigenvalue weighted by Gasteiger charge is 2.31. The molecule has 2 aromatic rings. The van der Waals surface area contributed by atoms with Crippen LogP contribution in [0.15, 0.2) is 58.5 Å². The summed E-state index contributed by atoms with van der Waals surface area (Å²) in [7, 11) is 0. The maximum absolute atomic E-state index is 12.1. The number of amidine groups is 2. The zero-order chi connectivity index (χ0) is 31.2. The highest BCUT2D eigenvalue weighted by Crippen LogP contribution is 2.34. The van der Waals surface area contributed by atoms with E-state index in [0.29, 0.717) is 13.2 Å². The van der Waals surface area contributed by atoms with Crippen LogP contribution < -0.4 is 11.1 Å². The van der Waals surface area contributed by atoms with Crippen LogP contribution in [0.25, 0.3) is 0 Å². The number of nitrogens with two attached hydrogens (primary N) is 1. The molecule has 0 radical (unpaired) electrons. The number of benzene rings is 2. The van der Waals surface area contributed by atoms with E-state index in [2.05, 4.69) is 27.2 Å². The van der Waals surface area contributed by atoms with Crippen molar-refractivity contribution in [2.24, 2.45) is 9.98 Å². The molecule has 6 aliphatic rings. The van der Waals surface area contributed by atoms with Gasteiger partial charge in [-0.3, -0.25) is 19.6 Å². The average molecular weight is 815 g/mol. The minimum absolute atomic E-state index is 0. The molecule has 256 valence electrons. The number of hydrogen-bond acceptors (Lipinski definition) is 11. The third-order valence-electron chi connectivity index (χ3n) is 8.28. The molecule has 4 unspecified atom stereocenters. The average Bonchev–Trinajstić information content (AvgIpc) is 3.86. The normalized spacial score (nSPS) is 25.1. The first kappa shape index (κ1) is 37.8. The van der Waals surface area contributed by atoms with Crippen molar-refractivity contribution in [2.75, 3.05) is 61.9 Å². The number of amides is 1. The van der Waals surface area contributed by atoms with Crippen LogP contribution in [0.5, 0.6) is 0 Å². The number of fused-ring (bicyclic) bond motifs is 2. The number of ether oxygens (including phenoxy) is 2. The predicted molar refractivity (Wildman–Crippen MR) is 205 cm³/mol. The third kappa shape index (κ3) is 10.0. The highest BCUT2D eigenvalue weighted by molar-refractivity contribution is 14.0. The van der Waals surface area contributed by atoms with Crippen LogP contribution in [0.3, 0.4) is 0 Å². The van der Waals surface area contributed by atoms with Crippen LogP contribution in [0, 0.1) is 0 Å². The Morgan fingerprint density at radius 1 is 0.851 bits per heavy atom. The largest absolute Gasteiger partial charge is 0.399 e. The van der Waals surface area contributed by atoms with Crippen LogP contribution in [-0.4, -0.2) is 94.4 Å². The molecule has 3 N–H and O–H groups in total. The van der Waals surface area contributed by atoms with E-state index < -0.39 is 0 Å². The van der Waals surface area contributed by atoms with Gasteiger partial charge < -0.3 is 30.3 Å². The number of anilines is 2. The number of halogens is 2. The van der Waals surface area contributed by atoms with Gasteiger partial charge in [0.25, 0.3) is 5.91 Å². The summed E-state index contributed by atoms with van der Waals surface area (Å²) in [5, 5.41) is 4.98. The quantitative estimate of drug-likeness (QED) is 0.207. The van der Waals surface area contributed by atoms with Crippen LogP contribution in [0.2, 0.25) is 0 Å². The van der Waals surface area contributed by atoms with Gasteiger partial charge in [-0.05, 0) is 72.7 Å². The number of carbonyl (C=O) groups excluding carboxylic acids is 2. The van der Waals surface area contributed by atoms with Crippen LogP contribution in [0.1, 0.15) is 56.3 Å². The van der Waals surface area contributed by atoms with Gasteiger partial charge in [-0.15, -0.1) is 24.0 Å². The van der Waals surface area contributed by atoms with E-state index in [-0.39, 0.29) is 66.8 Å². The number of thioether (sulfide) groups is 2. The molecule has 47 heavy (non-hydrogen) atoms. The van der Waals surface area contributed by atoms with Gasteiger partial charge in [0, 0.05) is 62.3 Å². The summed E-state index contributed by atoms with van der Waals surface area (Å²) in [4.78, 5) is 36.6. The molecule has 6 aliphatic heterocycles. The Labute approximate surface area is 308 Å². The first-order chi connectivity index (χ1) is 21.9. The number of aliphatic imine (C=N–C) groups is 2. The van der Waals surface area contributed by atoms with E-state index >= 15 is 0 Å². The topological polar surface area (TPSA) is 122 Å². The standard InChI is InChI=1S/C16H19N3O2S.C11H13N3S.C5H7ClO2.CH4.HI/c20-15(14-5-2-7-21-14)17-12-4-1-3-11(9-12)13-10-19-6-8-22-16(19)18-13;12-9-3-1-2-8(6-9)10-7-14-4-5-15-11(14)13-10;6-5(7)4-2-1-3-8-4;;/h1,3-4,9,13-14H,2,5-8,10H2,(H,17,20);1-3,6,10H,4-5,7,12H2;4H,1-3H2;1H4;1H. The molecule has 0 saturated carbocycles. The molecular weight excluding hydrogens is 771 g/mol. The molecule has 0 aromatic heterocycles. The Balaban J connectivity index is 0.000000174. The molecule has 14 heteroatoms. The lowest BCUT2D eigenvalue weighted by molar-refractivity contribution is -0.124. The number of nitrogens with zero attached hydrogens (tertiary/aromatic N) is 4. The van der Waals surface area contributed by atoms with Crippen molar-refractivity contribution >= 4 is 92.0 Å². The van der Waals surface area contributed by atoms with Crippen molar-refractivity contribution in [3.05, 3.63) is 59.7 Å². The molecule has 0 aliphatic carbocycles. The third-order valence-corrected chi connectivity index (χ3v) is 10.5. The van der Waals surface area contributed by atoms with Crippen LogP contribution in [-0.2, 0) is 19.1 Å². The fourth-order valence-electron chi connectivity index (χ4n) is 5.92. The molecule has 4 fully saturated rings. The summed E-state index contributed by atoms with van der Waals surface area (Å²) in [6, 6.07) is 16.6. The molecule has 1 amide bonds. The Morgan fingerprint density at radius 2 is 1.40 bits per heavy atom. The maximum atomic E-state index is 12.1. The number of carbonyl (C=O) groups is 2. The van der Waals surface area contributed by atoms with Crippen molar-refractivity contribution < 1.29 is 19.1 Å². The van der Waals surface area contributed by atoms with Crippen LogP contribution >= 0.6 is 59.1 Å². The Bertz CT molecular complexity index is 1440. The molecule has 10 nitrogen and oxygen atoms in total. The van der Waals surface area contributed by atoms with Gasteiger partial charge in [-0.2, -0.15) is 0 Å². The molecule has 0 spiro atoms. The van der Waals surface area contributed by atoms with E-state index in [4.69, 9.17) is 36.8 Å². The monoisotopic (exact) mass is 814 g/mol. The minimum Gasteiger partial charge on any atom is -0.399 e. The number of nitrogens with one attached hydrogen (secondary N) is 1. The number of rotatable bonds is 5. The van der Waals surface area contributed by atoms with Gasteiger partial charge >= 0.3 is 0 Å². The summed E-state index contributed by atoms with van der Waals surface area (Å²) in [6.45, 7) is 5.57. The maximum Gasteiger partial charge on any atom is 0.253 e. The van der Waals surface area contributed by atoms with Crippen molar-refractivity contribution in [1.29, 1.82) is 0 Å². The molecule has 6 heterocycles. The predicted octanol–water partition coefficient (Wildman–Crippen LogP) is 6.18. The van der Waals surface area contributed by atoms with Gasteiger partial charge in [-0.1, -0.05) is 55.2 Å². The van der Waals surface area contributed by atoms with Crippen molar-refractivity contribution in [2.45, 2.75) is 57.4 Å².